The molecule has 1 atom stereocenters. The molecule has 2 N–H and O–H groups in total. The molecule has 1 aliphatic rings. The monoisotopic (exact) mass is 245 g/mol. The summed E-state index contributed by atoms with van der Waals surface area (Å²) in [7, 11) is 0. The second-order valence-corrected chi connectivity index (χ2v) is 4.58. The van der Waals surface area contributed by atoms with Gasteiger partial charge in [0.2, 0.25) is 5.91 Å². The number of halogens is 1. The van der Waals surface area contributed by atoms with E-state index in [9.17, 15) is 9.00 Å². The fourth-order valence-electron chi connectivity index (χ4n) is 1.51. The smallest absolute Gasteiger partial charge is 0.224 e. The zero-order valence-electron chi connectivity index (χ0n) is 7.62. The van der Waals surface area contributed by atoms with E-state index in [2.05, 4.69) is 5.32 Å². The SMILES string of the molecule is O=C1CCc2cc(Cl)c(S(=O)O)cc2N1. The molecule has 0 saturated heterocycles. The van der Waals surface area contributed by atoms with Crippen LogP contribution >= 0.6 is 11.6 Å². The summed E-state index contributed by atoms with van der Waals surface area (Å²) < 4.78 is 19.9. The van der Waals surface area contributed by atoms with Crippen LogP contribution in [0.3, 0.4) is 0 Å². The lowest BCUT2D eigenvalue weighted by Gasteiger charge is -2.17. The second kappa shape index (κ2) is 3.92. The van der Waals surface area contributed by atoms with Gasteiger partial charge in [0.05, 0.1) is 9.92 Å². The van der Waals surface area contributed by atoms with Crippen LogP contribution in [0, 0.1) is 0 Å². The molecule has 1 heterocycles. The molecule has 1 amide bonds. The lowest BCUT2D eigenvalue weighted by atomic mass is 10.0. The highest BCUT2D eigenvalue weighted by Crippen LogP contribution is 2.30. The fraction of sp³-hybridized carbons (Fsp3) is 0.222. The molecule has 0 fully saturated rings. The van der Waals surface area contributed by atoms with Gasteiger partial charge in [-0.15, -0.1) is 0 Å². The number of nitrogens with one attached hydrogen (secondary N) is 1. The van der Waals surface area contributed by atoms with Crippen LogP contribution in [0.2, 0.25) is 5.02 Å². The van der Waals surface area contributed by atoms with Crippen molar-refractivity contribution in [3.8, 4) is 0 Å². The minimum absolute atomic E-state index is 0.0838. The van der Waals surface area contributed by atoms with E-state index in [1.807, 2.05) is 0 Å². The minimum Gasteiger partial charge on any atom is -0.326 e. The topological polar surface area (TPSA) is 66.4 Å². The van der Waals surface area contributed by atoms with Crippen LogP contribution in [0.25, 0.3) is 0 Å². The van der Waals surface area contributed by atoms with E-state index in [0.29, 0.717) is 18.5 Å². The van der Waals surface area contributed by atoms with Gasteiger partial charge in [0, 0.05) is 12.1 Å². The van der Waals surface area contributed by atoms with Gasteiger partial charge in [-0.2, -0.15) is 0 Å². The van der Waals surface area contributed by atoms with Crippen molar-refractivity contribution in [2.24, 2.45) is 0 Å². The number of hydrogen-bond acceptors (Lipinski definition) is 2. The molecule has 0 saturated carbocycles. The molecule has 1 unspecified atom stereocenters. The van der Waals surface area contributed by atoms with Crippen molar-refractivity contribution in [1.29, 1.82) is 0 Å². The van der Waals surface area contributed by atoms with E-state index in [4.69, 9.17) is 16.2 Å². The predicted molar refractivity (Wildman–Crippen MR) is 57.4 cm³/mol. The maximum absolute atomic E-state index is 11.1. The van der Waals surface area contributed by atoms with Crippen molar-refractivity contribution >= 4 is 34.3 Å². The molecule has 0 aromatic heterocycles. The molecule has 1 aliphatic heterocycles. The van der Waals surface area contributed by atoms with Crippen molar-refractivity contribution in [2.75, 3.05) is 5.32 Å². The summed E-state index contributed by atoms with van der Waals surface area (Å²) in [5.74, 6) is -0.0838. The average molecular weight is 246 g/mol. The normalized spacial score (nSPS) is 16.8. The summed E-state index contributed by atoms with van der Waals surface area (Å²) in [5, 5.41) is 2.89. The Morgan fingerprint density at radius 2 is 2.13 bits per heavy atom. The molecule has 15 heavy (non-hydrogen) atoms. The van der Waals surface area contributed by atoms with Gasteiger partial charge in [0.1, 0.15) is 0 Å². The molecule has 80 valence electrons. The summed E-state index contributed by atoms with van der Waals surface area (Å²) in [6, 6.07) is 3.07. The number of benzene rings is 1. The van der Waals surface area contributed by atoms with Crippen LogP contribution in [0.15, 0.2) is 17.0 Å². The van der Waals surface area contributed by atoms with Crippen molar-refractivity contribution in [3.05, 3.63) is 22.7 Å². The number of amides is 1. The largest absolute Gasteiger partial charge is 0.326 e. The van der Waals surface area contributed by atoms with E-state index < -0.39 is 11.1 Å². The van der Waals surface area contributed by atoms with Gasteiger partial charge in [-0.05, 0) is 24.1 Å². The Morgan fingerprint density at radius 1 is 1.40 bits per heavy atom. The van der Waals surface area contributed by atoms with Crippen molar-refractivity contribution < 1.29 is 13.6 Å². The second-order valence-electron chi connectivity index (χ2n) is 3.24. The highest BCUT2D eigenvalue weighted by molar-refractivity contribution is 7.79. The van der Waals surface area contributed by atoms with E-state index >= 15 is 0 Å². The summed E-state index contributed by atoms with van der Waals surface area (Å²) in [4.78, 5) is 11.2. The highest BCUT2D eigenvalue weighted by Gasteiger charge is 2.18. The molecule has 1 aromatic carbocycles. The third-order valence-electron chi connectivity index (χ3n) is 2.24. The Labute approximate surface area is 93.9 Å². The van der Waals surface area contributed by atoms with Gasteiger partial charge in [0.15, 0.2) is 11.1 Å². The molecule has 0 bridgehead atoms. The molecule has 1 aromatic rings. The van der Waals surface area contributed by atoms with Gasteiger partial charge < -0.3 is 9.87 Å². The summed E-state index contributed by atoms with van der Waals surface area (Å²) in [5.41, 5.74) is 1.47. The van der Waals surface area contributed by atoms with Crippen LogP contribution in [0.5, 0.6) is 0 Å². The first kappa shape index (κ1) is 10.6. The molecule has 0 spiro atoms. The first-order chi connectivity index (χ1) is 7.08. The lowest BCUT2D eigenvalue weighted by molar-refractivity contribution is -0.116. The standard InChI is InChI=1S/C9H8ClNO3S/c10-6-3-5-1-2-9(12)11-7(5)4-8(6)15(13)14/h3-4H,1-2H2,(H,11,12)(H,13,14). The Kier molecular flexibility index (Phi) is 2.77. The first-order valence-corrected chi connectivity index (χ1v) is 5.79. The molecule has 0 radical (unpaired) electrons. The van der Waals surface area contributed by atoms with Crippen LogP contribution < -0.4 is 5.32 Å². The molecule has 2 rings (SSSR count). The Morgan fingerprint density at radius 3 is 2.80 bits per heavy atom. The van der Waals surface area contributed by atoms with Crippen LogP contribution in [0.4, 0.5) is 5.69 Å². The van der Waals surface area contributed by atoms with Crippen molar-refractivity contribution in [3.63, 3.8) is 0 Å². The Bertz CT molecular complexity index is 461. The van der Waals surface area contributed by atoms with Crippen molar-refractivity contribution in [2.45, 2.75) is 17.7 Å². The number of rotatable bonds is 1. The van der Waals surface area contributed by atoms with E-state index in [-0.39, 0.29) is 15.8 Å². The van der Waals surface area contributed by atoms with E-state index in [0.717, 1.165) is 5.56 Å². The molecule has 6 heteroatoms. The number of aryl methyl sites for hydroxylation is 1. The zero-order valence-corrected chi connectivity index (χ0v) is 9.19. The molecular formula is C9H8ClNO3S. The maximum atomic E-state index is 11.1. The minimum atomic E-state index is -2.13. The van der Waals surface area contributed by atoms with Gasteiger partial charge in [-0.1, -0.05) is 11.6 Å². The summed E-state index contributed by atoms with van der Waals surface area (Å²) in [6.07, 6.45) is 1.03. The fourth-order valence-corrected chi connectivity index (χ4v) is 2.34. The quantitative estimate of drug-likeness (QED) is 0.742. The predicted octanol–water partition coefficient (Wildman–Crippen LogP) is 1.81. The van der Waals surface area contributed by atoms with Gasteiger partial charge >= 0.3 is 0 Å². The number of hydrogen-bond donors (Lipinski definition) is 2. The third kappa shape index (κ3) is 2.04. The number of anilines is 1. The van der Waals surface area contributed by atoms with Crippen molar-refractivity contribution in [1.82, 2.24) is 0 Å². The Hall–Kier alpha value is -0.910. The third-order valence-corrected chi connectivity index (χ3v) is 3.38. The van der Waals surface area contributed by atoms with E-state index in [1.165, 1.54) is 6.07 Å². The van der Waals surface area contributed by atoms with Crippen LogP contribution in [-0.4, -0.2) is 14.7 Å². The number of fused-ring (bicyclic) bond motifs is 1. The van der Waals surface area contributed by atoms with Gasteiger partial charge in [-0.3, -0.25) is 4.79 Å². The zero-order chi connectivity index (χ0) is 11.0. The number of carbonyl (C=O) groups excluding carboxylic acids is 1. The first-order valence-electron chi connectivity index (χ1n) is 4.31. The highest BCUT2D eigenvalue weighted by atomic mass is 35.5. The summed E-state index contributed by atoms with van der Waals surface area (Å²) >= 11 is 3.69. The average Bonchev–Trinajstić information content (AvgIpc) is 2.17. The maximum Gasteiger partial charge on any atom is 0.224 e. The van der Waals surface area contributed by atoms with E-state index in [1.54, 1.807) is 6.07 Å². The molecule has 4 nitrogen and oxygen atoms in total. The Balaban J connectivity index is 2.51. The molecular weight excluding hydrogens is 238 g/mol. The molecule has 0 aliphatic carbocycles. The lowest BCUT2D eigenvalue weighted by Crippen LogP contribution is -2.19. The van der Waals surface area contributed by atoms with Gasteiger partial charge in [0.25, 0.3) is 0 Å². The van der Waals surface area contributed by atoms with Crippen LogP contribution in [0.1, 0.15) is 12.0 Å². The van der Waals surface area contributed by atoms with Gasteiger partial charge in [-0.25, -0.2) is 4.21 Å². The van der Waals surface area contributed by atoms with Crippen LogP contribution in [-0.2, 0) is 22.3 Å². The summed E-state index contributed by atoms with van der Waals surface area (Å²) in [6.45, 7) is 0. The number of carbonyl (C=O) groups is 1.